The Balaban J connectivity index is 0. The fourth-order valence-electron chi connectivity index (χ4n) is 3.93. The number of rotatable bonds is 18. The van der Waals surface area contributed by atoms with Gasteiger partial charge >= 0.3 is 5.97 Å². The highest BCUT2D eigenvalue weighted by atomic mass is 16.4. The highest BCUT2D eigenvalue weighted by Gasteiger charge is 2.23. The zero-order valence-corrected chi connectivity index (χ0v) is 28.0. The molecule has 0 aliphatic carbocycles. The molecule has 2 rings (SSSR count). The lowest BCUT2D eigenvalue weighted by Gasteiger charge is -2.18. The second kappa shape index (κ2) is 30.0. The molecule has 0 bridgehead atoms. The lowest BCUT2D eigenvalue weighted by Crippen LogP contribution is -2.49. The first-order valence-corrected chi connectivity index (χ1v) is 15.6. The number of nitrogens with one attached hydrogen (secondary N) is 4. The third-order valence-electron chi connectivity index (χ3n) is 6.14. The van der Waals surface area contributed by atoms with Crippen LogP contribution >= 0.6 is 0 Å². The Hall–Kier alpha value is -5.35. The molecule has 16 nitrogen and oxygen atoms in total. The second-order valence-electron chi connectivity index (χ2n) is 9.91. The van der Waals surface area contributed by atoms with Crippen molar-refractivity contribution in [1.82, 2.24) is 26.2 Å². The van der Waals surface area contributed by atoms with Crippen LogP contribution in [0.1, 0.15) is 64.4 Å². The van der Waals surface area contributed by atoms with Gasteiger partial charge in [0, 0.05) is 51.0 Å². The maximum Gasteiger partial charge on any atom is 0.303 e. The van der Waals surface area contributed by atoms with Gasteiger partial charge in [-0.1, -0.05) is 36.8 Å². The van der Waals surface area contributed by atoms with E-state index in [0.717, 1.165) is 11.3 Å². The molecule has 17 heteroatoms. The number of carboxylic acids is 1. The topological polar surface area (TPSA) is 251 Å². The molecule has 7 amide bonds. The predicted octanol–water partition coefficient (Wildman–Crippen LogP) is -0.724. The van der Waals surface area contributed by atoms with Crippen LogP contribution in [0.2, 0.25) is 0 Å². The van der Waals surface area contributed by atoms with Crippen molar-refractivity contribution < 1.29 is 48.3 Å². The summed E-state index contributed by atoms with van der Waals surface area (Å²) in [6.07, 6.45) is 5.63. The van der Waals surface area contributed by atoms with Crippen LogP contribution in [0, 0.1) is 0 Å². The van der Waals surface area contributed by atoms with Crippen molar-refractivity contribution in [3.63, 3.8) is 0 Å². The minimum atomic E-state index is -1.11. The van der Waals surface area contributed by atoms with Gasteiger partial charge in [-0.3, -0.25) is 43.3 Å². The third kappa shape index (κ3) is 25.4. The van der Waals surface area contributed by atoms with Crippen molar-refractivity contribution in [3.8, 4) is 0 Å². The van der Waals surface area contributed by atoms with Crippen molar-refractivity contribution in [2.24, 2.45) is 5.73 Å². The molecule has 268 valence electrons. The highest BCUT2D eigenvalue weighted by Crippen LogP contribution is 2.08. The van der Waals surface area contributed by atoms with E-state index in [9.17, 15) is 33.6 Å². The summed E-state index contributed by atoms with van der Waals surface area (Å²) in [6, 6.07) is 8.99. The van der Waals surface area contributed by atoms with Gasteiger partial charge < -0.3 is 36.9 Å². The second-order valence-corrected chi connectivity index (χ2v) is 9.91. The number of nitrogens with two attached hydrogens (primary N) is 1. The molecule has 1 atom stereocenters. The van der Waals surface area contributed by atoms with Gasteiger partial charge in [0.25, 0.3) is 11.8 Å². The summed E-state index contributed by atoms with van der Waals surface area (Å²) < 4.78 is 0. The normalized spacial score (nSPS) is 11.5. The molecule has 2 radical (unpaired) electrons. The van der Waals surface area contributed by atoms with Gasteiger partial charge in [0.2, 0.25) is 30.0 Å². The molecule has 1 heterocycles. The molecule has 7 N–H and O–H groups in total. The fourth-order valence-corrected chi connectivity index (χ4v) is 3.93. The van der Waals surface area contributed by atoms with Gasteiger partial charge in [-0.25, -0.2) is 0 Å². The van der Waals surface area contributed by atoms with Gasteiger partial charge in [0.05, 0.1) is 12.7 Å². The standard InChI is InChI=1S/C19H28N4O7.C11H15NO.CHBO.CH3NO/c1-2-20-15(25)12-21-19(30)13(7-10-18(28)29)22-14(24)6-4-3-5-11-23-16(26)8-9-17(23)27;1-2-12-11(13)9-8-10-6-4-3-5-7-10;2*2-1-3/h8-9,13H,2-7,10-12H2,1H3,(H,20,25)(H,21,30)(H,22,24)(H,28,29);3-7H,2,8-9H2,1H3,(H,12,13);1H;1H,(H2,2,3). The van der Waals surface area contributed by atoms with Gasteiger partial charge in [-0.05, 0) is 45.1 Å². The van der Waals surface area contributed by atoms with Crippen LogP contribution < -0.4 is 27.0 Å². The maximum atomic E-state index is 12.2. The number of aryl methyl sites for hydroxylation is 1. The molecular formula is C32H47BN6O10. The van der Waals surface area contributed by atoms with Gasteiger partial charge in [-0.15, -0.1) is 0 Å². The molecule has 1 aliphatic rings. The number of carbonyl (C=O) groups is 9. The number of carbonyl (C=O) groups excluding carboxylic acids is 8. The van der Waals surface area contributed by atoms with Crippen molar-refractivity contribution >= 4 is 61.9 Å². The summed E-state index contributed by atoms with van der Waals surface area (Å²) in [7, 11) is 4.17. The molecule has 0 saturated heterocycles. The van der Waals surface area contributed by atoms with Crippen LogP contribution in [0.5, 0.6) is 0 Å². The van der Waals surface area contributed by atoms with Crippen molar-refractivity contribution in [3.05, 3.63) is 48.0 Å². The van der Waals surface area contributed by atoms with Gasteiger partial charge in [0.1, 0.15) is 6.04 Å². The number of unbranched alkanes of at least 4 members (excludes halogenated alkanes) is 2. The first-order chi connectivity index (χ1) is 23.4. The average Bonchev–Trinajstić information content (AvgIpc) is 3.38. The summed E-state index contributed by atoms with van der Waals surface area (Å²) in [5.41, 5.74) is 5.38. The van der Waals surface area contributed by atoms with E-state index in [1.165, 1.54) is 17.7 Å². The van der Waals surface area contributed by atoms with E-state index in [2.05, 4.69) is 34.8 Å². The SMILES string of the molecule is CCNC(=O)CCc1ccccc1.CCNC(=O)CNC(=O)C(CCC(=O)O)NC(=O)CCCCCN1C(=O)C=CC1=O.NC=O.[B]C=O. The maximum absolute atomic E-state index is 12.2. The Morgan fingerprint density at radius 2 is 1.39 bits per heavy atom. The van der Waals surface area contributed by atoms with Crippen LogP contribution in [-0.2, 0) is 49.6 Å². The number of benzene rings is 1. The number of primary amides is 1. The molecular weight excluding hydrogens is 639 g/mol. The monoisotopic (exact) mass is 686 g/mol. The minimum absolute atomic E-state index is 0.103. The van der Waals surface area contributed by atoms with E-state index < -0.39 is 23.8 Å². The Bertz CT molecular complexity index is 1210. The number of carboxylic acid groups (broad SMARTS) is 1. The van der Waals surface area contributed by atoms with Crippen LogP contribution in [-0.4, -0.2) is 104 Å². The summed E-state index contributed by atoms with van der Waals surface area (Å²) in [5.74, 6) is -3.12. The Morgan fingerprint density at radius 1 is 0.837 bits per heavy atom. The van der Waals surface area contributed by atoms with Crippen LogP contribution in [0.15, 0.2) is 42.5 Å². The summed E-state index contributed by atoms with van der Waals surface area (Å²) in [5, 5.41) is 19.0. The van der Waals surface area contributed by atoms with Crippen molar-refractivity contribution in [1.29, 1.82) is 0 Å². The largest absolute Gasteiger partial charge is 0.481 e. The first-order valence-electron chi connectivity index (χ1n) is 15.6. The van der Waals surface area contributed by atoms with E-state index in [4.69, 9.17) is 14.7 Å². The van der Waals surface area contributed by atoms with E-state index in [-0.39, 0.29) is 68.6 Å². The zero-order chi connectivity index (χ0) is 37.5. The predicted molar refractivity (Wildman–Crippen MR) is 181 cm³/mol. The number of nitrogens with zero attached hydrogens (tertiary/aromatic N) is 1. The Labute approximate surface area is 287 Å². The molecule has 49 heavy (non-hydrogen) atoms. The van der Waals surface area contributed by atoms with Crippen LogP contribution in [0.25, 0.3) is 0 Å². The molecule has 0 aromatic heterocycles. The Morgan fingerprint density at radius 3 is 1.92 bits per heavy atom. The number of hydrogen-bond donors (Lipinski definition) is 6. The van der Waals surface area contributed by atoms with E-state index in [0.29, 0.717) is 38.8 Å². The number of likely N-dealkylation sites (N-methyl/N-ethyl adjacent to an activating group) is 1. The highest BCUT2D eigenvalue weighted by molar-refractivity contribution is 6.48. The molecule has 0 spiro atoms. The van der Waals surface area contributed by atoms with Crippen LogP contribution in [0.3, 0.4) is 0 Å². The van der Waals surface area contributed by atoms with E-state index in [1.54, 1.807) is 6.92 Å². The number of amides is 7. The Kier molecular flexibility index (Phi) is 28.0. The lowest BCUT2D eigenvalue weighted by atomic mass is 10.1. The minimum Gasteiger partial charge on any atom is -0.481 e. The molecule has 0 saturated carbocycles. The zero-order valence-electron chi connectivity index (χ0n) is 28.0. The number of imide groups is 1. The molecule has 1 aromatic carbocycles. The molecule has 1 aliphatic heterocycles. The van der Waals surface area contributed by atoms with Crippen LogP contribution in [0.4, 0.5) is 0 Å². The lowest BCUT2D eigenvalue weighted by molar-refractivity contribution is -0.138. The third-order valence-corrected chi connectivity index (χ3v) is 6.14. The average molecular weight is 687 g/mol. The van der Waals surface area contributed by atoms with E-state index >= 15 is 0 Å². The van der Waals surface area contributed by atoms with Crippen molar-refractivity contribution in [2.45, 2.75) is 71.3 Å². The molecule has 0 fully saturated rings. The molecule has 1 aromatic rings. The summed E-state index contributed by atoms with van der Waals surface area (Å²) >= 11 is 0. The van der Waals surface area contributed by atoms with E-state index in [1.807, 2.05) is 37.3 Å². The summed E-state index contributed by atoms with van der Waals surface area (Å²) in [4.78, 5) is 98.8. The van der Waals surface area contributed by atoms with Crippen molar-refractivity contribution in [2.75, 3.05) is 26.2 Å². The molecule has 1 unspecified atom stereocenters. The number of hydrogen-bond acceptors (Lipinski definition) is 9. The fraction of sp³-hybridized carbons (Fsp3) is 0.469. The van der Waals surface area contributed by atoms with Gasteiger partial charge in [-0.2, -0.15) is 0 Å². The first kappa shape index (κ1) is 45.8. The van der Waals surface area contributed by atoms with Gasteiger partial charge in [0.15, 0.2) is 7.85 Å². The number of aliphatic carboxylic acids is 1. The smallest absolute Gasteiger partial charge is 0.303 e. The quantitative estimate of drug-likeness (QED) is 0.0489. The summed E-state index contributed by atoms with van der Waals surface area (Å²) in [6.45, 7) is 4.79.